The molecule has 1 heterocycles. The summed E-state index contributed by atoms with van der Waals surface area (Å²) in [6.07, 6.45) is 1.83. The molecule has 1 aromatic rings. The number of ether oxygens (including phenoxy) is 1. The zero-order valence-electron chi connectivity index (χ0n) is 9.10. The van der Waals surface area contributed by atoms with Gasteiger partial charge in [-0.1, -0.05) is 6.92 Å². The summed E-state index contributed by atoms with van der Waals surface area (Å²) in [6.45, 7) is 1.76. The maximum atomic E-state index is 11.9. The molecule has 0 aliphatic carbocycles. The van der Waals surface area contributed by atoms with Crippen molar-refractivity contribution in [1.82, 2.24) is 4.98 Å². The van der Waals surface area contributed by atoms with Gasteiger partial charge in [-0.25, -0.2) is 13.4 Å². The summed E-state index contributed by atoms with van der Waals surface area (Å²) in [5.41, 5.74) is -0.118. The predicted molar refractivity (Wildman–Crippen MR) is 57.8 cm³/mol. The van der Waals surface area contributed by atoms with Crippen LogP contribution in [0.1, 0.15) is 19.0 Å². The summed E-state index contributed by atoms with van der Waals surface area (Å²) < 4.78 is 28.8. The third kappa shape index (κ3) is 2.31. The van der Waals surface area contributed by atoms with Crippen molar-refractivity contribution in [2.24, 2.45) is 0 Å². The molecule has 0 spiro atoms. The summed E-state index contributed by atoms with van der Waals surface area (Å²) in [5.74, 6) is 0.143. The second-order valence-electron chi connectivity index (χ2n) is 3.12. The molecule has 86 valence electrons. The van der Waals surface area contributed by atoms with E-state index in [9.17, 15) is 8.42 Å². The summed E-state index contributed by atoms with van der Waals surface area (Å²) in [5, 5.41) is 8.84. The van der Waals surface area contributed by atoms with Crippen LogP contribution in [0.3, 0.4) is 0 Å². The largest absolute Gasteiger partial charge is 0.495 e. The second kappa shape index (κ2) is 4.94. The summed E-state index contributed by atoms with van der Waals surface area (Å²) in [4.78, 5) is 3.62. The molecule has 0 atom stereocenters. The van der Waals surface area contributed by atoms with Gasteiger partial charge in [0.25, 0.3) is 0 Å². The van der Waals surface area contributed by atoms with E-state index < -0.39 is 9.84 Å². The first-order valence-electron chi connectivity index (χ1n) is 4.72. The molecular weight excluding hydrogens is 228 g/mol. The molecule has 0 N–H and O–H groups in total. The molecular formula is C10H12N2O3S. The molecule has 6 heteroatoms. The maximum absolute atomic E-state index is 11.9. The Balaban J connectivity index is 3.47. The van der Waals surface area contributed by atoms with E-state index in [0.29, 0.717) is 6.42 Å². The Morgan fingerprint density at radius 3 is 2.75 bits per heavy atom. The topological polar surface area (TPSA) is 80.1 Å². The Kier molecular flexibility index (Phi) is 3.85. The highest BCUT2D eigenvalue weighted by molar-refractivity contribution is 7.91. The Labute approximate surface area is 94.6 Å². The van der Waals surface area contributed by atoms with Crippen LogP contribution in [-0.4, -0.2) is 26.3 Å². The van der Waals surface area contributed by atoms with E-state index >= 15 is 0 Å². The number of methoxy groups -OCH3 is 1. The number of pyridine rings is 1. The third-order valence-corrected chi connectivity index (χ3v) is 3.94. The van der Waals surface area contributed by atoms with Crippen LogP contribution in [0.5, 0.6) is 5.75 Å². The predicted octanol–water partition coefficient (Wildman–Crippen LogP) is 1.15. The van der Waals surface area contributed by atoms with Crippen LogP contribution < -0.4 is 4.74 Å². The molecule has 1 rings (SSSR count). The Morgan fingerprint density at radius 1 is 1.56 bits per heavy atom. The summed E-state index contributed by atoms with van der Waals surface area (Å²) in [7, 11) is -2.14. The van der Waals surface area contributed by atoms with Crippen LogP contribution in [0.4, 0.5) is 0 Å². The van der Waals surface area contributed by atoms with Gasteiger partial charge in [-0.05, 0) is 12.5 Å². The molecule has 0 saturated heterocycles. The van der Waals surface area contributed by atoms with Gasteiger partial charge in [-0.2, -0.15) is 5.26 Å². The van der Waals surface area contributed by atoms with Crippen LogP contribution in [0.25, 0.3) is 0 Å². The van der Waals surface area contributed by atoms with Gasteiger partial charge in [-0.15, -0.1) is 0 Å². The van der Waals surface area contributed by atoms with Gasteiger partial charge in [0.15, 0.2) is 15.5 Å². The van der Waals surface area contributed by atoms with Crippen molar-refractivity contribution in [1.29, 1.82) is 5.26 Å². The molecule has 5 nitrogen and oxygen atoms in total. The van der Waals surface area contributed by atoms with Gasteiger partial charge in [0.05, 0.1) is 12.9 Å². The second-order valence-corrected chi connectivity index (χ2v) is 5.17. The van der Waals surface area contributed by atoms with E-state index in [1.54, 1.807) is 13.0 Å². The molecule has 0 unspecified atom stereocenters. The minimum absolute atomic E-state index is 0.0241. The van der Waals surface area contributed by atoms with Gasteiger partial charge in [0.1, 0.15) is 16.7 Å². The highest BCUT2D eigenvalue weighted by Crippen LogP contribution is 2.26. The van der Waals surface area contributed by atoms with Crippen molar-refractivity contribution in [3.8, 4) is 11.8 Å². The number of aromatic nitrogens is 1. The highest BCUT2D eigenvalue weighted by Gasteiger charge is 2.23. The van der Waals surface area contributed by atoms with Gasteiger partial charge in [0, 0.05) is 6.20 Å². The molecule has 0 amide bonds. The van der Waals surface area contributed by atoms with Crippen molar-refractivity contribution in [2.75, 3.05) is 12.9 Å². The molecule has 0 bridgehead atoms. The minimum atomic E-state index is -3.51. The first-order valence-corrected chi connectivity index (χ1v) is 6.38. The number of sulfone groups is 1. The number of hydrogen-bond donors (Lipinski definition) is 0. The monoisotopic (exact) mass is 240 g/mol. The highest BCUT2D eigenvalue weighted by atomic mass is 32.2. The van der Waals surface area contributed by atoms with Crippen molar-refractivity contribution in [2.45, 2.75) is 18.2 Å². The van der Waals surface area contributed by atoms with E-state index in [1.165, 1.54) is 19.4 Å². The zero-order valence-corrected chi connectivity index (χ0v) is 9.91. The maximum Gasteiger partial charge on any atom is 0.184 e. The molecule has 0 saturated carbocycles. The van der Waals surface area contributed by atoms with Crippen LogP contribution in [0.15, 0.2) is 17.2 Å². The molecule has 16 heavy (non-hydrogen) atoms. The lowest BCUT2D eigenvalue weighted by Gasteiger charge is -2.09. The molecule has 0 fully saturated rings. The van der Waals surface area contributed by atoms with Gasteiger partial charge >= 0.3 is 0 Å². The molecule has 0 radical (unpaired) electrons. The third-order valence-electron chi connectivity index (χ3n) is 1.98. The van der Waals surface area contributed by atoms with E-state index in [4.69, 9.17) is 10.00 Å². The quantitative estimate of drug-likeness (QED) is 0.788. The van der Waals surface area contributed by atoms with Crippen LogP contribution in [-0.2, 0) is 9.84 Å². The standard InChI is InChI=1S/C10H12N2O3S/c1-3-6-16(13,14)10-8(7-11)12-5-4-9(10)15-2/h4-5H,3,6H2,1-2H3. The van der Waals surface area contributed by atoms with Crippen molar-refractivity contribution >= 4 is 9.84 Å². The van der Waals surface area contributed by atoms with E-state index in [0.717, 1.165) is 0 Å². The SMILES string of the molecule is CCCS(=O)(=O)c1c(OC)ccnc1C#N. The van der Waals surface area contributed by atoms with Crippen molar-refractivity contribution < 1.29 is 13.2 Å². The van der Waals surface area contributed by atoms with E-state index in [-0.39, 0.29) is 22.1 Å². The summed E-state index contributed by atoms with van der Waals surface area (Å²) in [6, 6.07) is 3.20. The molecule has 0 aromatic carbocycles. The van der Waals surface area contributed by atoms with Crippen LogP contribution in [0, 0.1) is 11.3 Å². The first-order chi connectivity index (χ1) is 7.56. The smallest absolute Gasteiger partial charge is 0.184 e. The number of hydrogen-bond acceptors (Lipinski definition) is 5. The minimum Gasteiger partial charge on any atom is -0.495 e. The van der Waals surface area contributed by atoms with E-state index in [1.807, 2.05) is 0 Å². The summed E-state index contributed by atoms with van der Waals surface area (Å²) >= 11 is 0. The number of nitriles is 1. The van der Waals surface area contributed by atoms with Crippen molar-refractivity contribution in [3.63, 3.8) is 0 Å². The average Bonchev–Trinajstić information content (AvgIpc) is 2.27. The lowest BCUT2D eigenvalue weighted by molar-refractivity contribution is 0.401. The Morgan fingerprint density at radius 2 is 2.25 bits per heavy atom. The lowest BCUT2D eigenvalue weighted by Crippen LogP contribution is -2.10. The van der Waals surface area contributed by atoms with Gasteiger partial charge in [0.2, 0.25) is 0 Å². The van der Waals surface area contributed by atoms with Gasteiger partial charge < -0.3 is 4.74 Å². The fourth-order valence-corrected chi connectivity index (χ4v) is 2.93. The fourth-order valence-electron chi connectivity index (χ4n) is 1.34. The van der Waals surface area contributed by atoms with E-state index in [2.05, 4.69) is 4.98 Å². The molecule has 0 aliphatic rings. The molecule has 0 aliphatic heterocycles. The number of nitrogens with zero attached hydrogens (tertiary/aromatic N) is 2. The van der Waals surface area contributed by atoms with Crippen molar-refractivity contribution in [3.05, 3.63) is 18.0 Å². The zero-order chi connectivity index (χ0) is 12.2. The fraction of sp³-hybridized carbons (Fsp3) is 0.400. The average molecular weight is 240 g/mol. The molecule has 1 aromatic heterocycles. The van der Waals surface area contributed by atoms with Crippen LogP contribution >= 0.6 is 0 Å². The van der Waals surface area contributed by atoms with Gasteiger partial charge in [-0.3, -0.25) is 0 Å². The lowest BCUT2D eigenvalue weighted by atomic mass is 10.3. The number of rotatable bonds is 4. The normalized spacial score (nSPS) is 10.8. The van der Waals surface area contributed by atoms with Crippen LogP contribution in [0.2, 0.25) is 0 Å². The Hall–Kier alpha value is -1.61. The first kappa shape index (κ1) is 12.5. The Bertz CT molecular complexity index is 517.